The van der Waals surface area contributed by atoms with Crippen LogP contribution in [0.1, 0.15) is 26.7 Å². The van der Waals surface area contributed by atoms with Gasteiger partial charge in [0.05, 0.1) is 12.2 Å². The van der Waals surface area contributed by atoms with Gasteiger partial charge in [-0.05, 0) is 44.9 Å². The van der Waals surface area contributed by atoms with Gasteiger partial charge in [0.1, 0.15) is 0 Å². The van der Waals surface area contributed by atoms with Crippen molar-refractivity contribution >= 4 is 23.3 Å². The van der Waals surface area contributed by atoms with Crippen LogP contribution in [0.25, 0.3) is 0 Å². The molecule has 110 valence electrons. The molecular weight excluding hydrogens is 276 g/mol. The maximum atomic E-state index is 12.1. The van der Waals surface area contributed by atoms with E-state index < -0.39 is 0 Å². The predicted molar refractivity (Wildman–Crippen MR) is 81.3 cm³/mol. The van der Waals surface area contributed by atoms with Gasteiger partial charge in [0.2, 0.25) is 0 Å². The highest BCUT2D eigenvalue weighted by atomic mass is 35.5. The Morgan fingerprint density at radius 2 is 2.10 bits per heavy atom. The number of rotatable bonds is 3. The van der Waals surface area contributed by atoms with Crippen molar-refractivity contribution in [3.63, 3.8) is 0 Å². The summed E-state index contributed by atoms with van der Waals surface area (Å²) in [4.78, 5) is 14.0. The topological polar surface area (TPSA) is 41.6 Å². The molecule has 2 rings (SSSR count). The SMILES string of the molecule is CC(C)OC1CCN(C(=O)Nc2cccc(Cl)c2)CC1. The number of carbonyl (C=O) groups is 1. The van der Waals surface area contributed by atoms with Crippen molar-refractivity contribution in [1.82, 2.24) is 4.90 Å². The molecule has 1 N–H and O–H groups in total. The largest absolute Gasteiger partial charge is 0.375 e. The Labute approximate surface area is 125 Å². The van der Waals surface area contributed by atoms with Crippen LogP contribution in [0.3, 0.4) is 0 Å². The number of ether oxygens (including phenoxy) is 1. The molecule has 1 aromatic carbocycles. The van der Waals surface area contributed by atoms with Crippen LogP contribution in [0.2, 0.25) is 5.02 Å². The summed E-state index contributed by atoms with van der Waals surface area (Å²) in [7, 11) is 0. The molecule has 0 atom stereocenters. The van der Waals surface area contributed by atoms with E-state index in [-0.39, 0.29) is 18.2 Å². The summed E-state index contributed by atoms with van der Waals surface area (Å²) in [5.41, 5.74) is 0.725. The smallest absolute Gasteiger partial charge is 0.321 e. The standard InChI is InChI=1S/C15H21ClN2O2/c1-11(2)20-14-6-8-18(9-7-14)15(19)17-13-5-3-4-12(16)10-13/h3-5,10-11,14H,6-9H2,1-2H3,(H,17,19). The zero-order valence-electron chi connectivity index (χ0n) is 11.9. The van der Waals surface area contributed by atoms with Gasteiger partial charge >= 0.3 is 6.03 Å². The molecule has 0 bridgehead atoms. The van der Waals surface area contributed by atoms with Crippen LogP contribution in [-0.2, 0) is 4.74 Å². The molecule has 1 aliphatic rings. The zero-order chi connectivity index (χ0) is 14.5. The number of nitrogens with one attached hydrogen (secondary N) is 1. The third-order valence-corrected chi connectivity index (χ3v) is 3.50. The van der Waals surface area contributed by atoms with Crippen LogP contribution in [-0.4, -0.2) is 36.2 Å². The lowest BCUT2D eigenvalue weighted by molar-refractivity contribution is -0.0204. The number of hydrogen-bond acceptors (Lipinski definition) is 2. The van der Waals surface area contributed by atoms with E-state index in [9.17, 15) is 4.79 Å². The maximum absolute atomic E-state index is 12.1. The van der Waals surface area contributed by atoms with E-state index in [2.05, 4.69) is 5.32 Å². The third-order valence-electron chi connectivity index (χ3n) is 3.27. The van der Waals surface area contributed by atoms with Gasteiger partial charge in [-0.15, -0.1) is 0 Å². The Balaban J connectivity index is 1.83. The van der Waals surface area contributed by atoms with E-state index in [1.54, 1.807) is 12.1 Å². The van der Waals surface area contributed by atoms with E-state index in [0.29, 0.717) is 5.02 Å². The van der Waals surface area contributed by atoms with Gasteiger partial charge in [0.25, 0.3) is 0 Å². The van der Waals surface area contributed by atoms with Crippen LogP contribution in [0.15, 0.2) is 24.3 Å². The normalized spacial score (nSPS) is 16.5. The summed E-state index contributed by atoms with van der Waals surface area (Å²) in [5.74, 6) is 0. The number of nitrogens with zero attached hydrogens (tertiary/aromatic N) is 1. The third kappa shape index (κ3) is 4.39. The monoisotopic (exact) mass is 296 g/mol. The second kappa shape index (κ2) is 6.95. The van der Waals surface area contributed by atoms with Gasteiger partial charge in [-0.1, -0.05) is 17.7 Å². The lowest BCUT2D eigenvalue weighted by atomic mass is 10.1. The second-order valence-corrected chi connectivity index (χ2v) is 5.75. The minimum Gasteiger partial charge on any atom is -0.375 e. The van der Waals surface area contributed by atoms with Crippen molar-refractivity contribution in [3.8, 4) is 0 Å². The van der Waals surface area contributed by atoms with Gasteiger partial charge in [-0.3, -0.25) is 0 Å². The Morgan fingerprint density at radius 3 is 2.70 bits per heavy atom. The van der Waals surface area contributed by atoms with E-state index in [0.717, 1.165) is 31.6 Å². The lowest BCUT2D eigenvalue weighted by Crippen LogP contribution is -2.43. The van der Waals surface area contributed by atoms with Gasteiger partial charge in [0.15, 0.2) is 0 Å². The zero-order valence-corrected chi connectivity index (χ0v) is 12.7. The molecule has 1 aliphatic heterocycles. The van der Waals surface area contributed by atoms with Gasteiger partial charge in [-0.2, -0.15) is 0 Å². The Bertz CT molecular complexity index is 457. The van der Waals surface area contributed by atoms with E-state index in [1.165, 1.54) is 0 Å². The highest BCUT2D eigenvalue weighted by molar-refractivity contribution is 6.30. The number of benzene rings is 1. The molecule has 1 saturated heterocycles. The average Bonchev–Trinajstić information content (AvgIpc) is 2.38. The Hall–Kier alpha value is -1.26. The Morgan fingerprint density at radius 1 is 1.40 bits per heavy atom. The molecule has 5 heteroatoms. The minimum atomic E-state index is -0.0738. The molecule has 0 aliphatic carbocycles. The first-order chi connectivity index (χ1) is 9.54. The molecule has 0 radical (unpaired) electrons. The van der Waals surface area contributed by atoms with Crippen molar-refractivity contribution in [2.75, 3.05) is 18.4 Å². The fourth-order valence-electron chi connectivity index (χ4n) is 2.35. The molecule has 20 heavy (non-hydrogen) atoms. The second-order valence-electron chi connectivity index (χ2n) is 5.31. The number of amides is 2. The first-order valence-electron chi connectivity index (χ1n) is 7.01. The summed E-state index contributed by atoms with van der Waals surface area (Å²) in [6.45, 7) is 5.53. The first kappa shape index (κ1) is 15.1. The molecular formula is C15H21ClN2O2. The summed E-state index contributed by atoms with van der Waals surface area (Å²) < 4.78 is 5.78. The fraction of sp³-hybridized carbons (Fsp3) is 0.533. The number of urea groups is 1. The van der Waals surface area contributed by atoms with Crippen LogP contribution in [0.5, 0.6) is 0 Å². The van der Waals surface area contributed by atoms with Gasteiger partial charge in [-0.25, -0.2) is 4.79 Å². The number of anilines is 1. The van der Waals surface area contributed by atoms with Crippen LogP contribution in [0.4, 0.5) is 10.5 Å². The summed E-state index contributed by atoms with van der Waals surface area (Å²) in [5, 5.41) is 3.49. The predicted octanol–water partition coefficient (Wildman–Crippen LogP) is 3.76. The van der Waals surface area contributed by atoms with E-state index in [4.69, 9.17) is 16.3 Å². The maximum Gasteiger partial charge on any atom is 0.321 e. The average molecular weight is 297 g/mol. The van der Waals surface area contributed by atoms with Crippen molar-refractivity contribution in [2.24, 2.45) is 0 Å². The molecule has 1 heterocycles. The highest BCUT2D eigenvalue weighted by Gasteiger charge is 2.23. The van der Waals surface area contributed by atoms with Crippen molar-refractivity contribution in [3.05, 3.63) is 29.3 Å². The van der Waals surface area contributed by atoms with Crippen molar-refractivity contribution in [2.45, 2.75) is 38.9 Å². The van der Waals surface area contributed by atoms with Gasteiger partial charge < -0.3 is 15.0 Å². The fourth-order valence-corrected chi connectivity index (χ4v) is 2.54. The minimum absolute atomic E-state index is 0.0738. The molecule has 2 amide bonds. The van der Waals surface area contributed by atoms with E-state index >= 15 is 0 Å². The van der Waals surface area contributed by atoms with Crippen molar-refractivity contribution < 1.29 is 9.53 Å². The molecule has 1 fully saturated rings. The lowest BCUT2D eigenvalue weighted by Gasteiger charge is -2.32. The Kier molecular flexibility index (Phi) is 5.26. The molecule has 1 aromatic rings. The number of hydrogen-bond donors (Lipinski definition) is 1. The number of halogens is 1. The summed E-state index contributed by atoms with van der Waals surface area (Å²) in [6, 6.07) is 7.11. The quantitative estimate of drug-likeness (QED) is 0.922. The number of likely N-dealkylation sites (tertiary alicyclic amines) is 1. The molecule has 0 saturated carbocycles. The highest BCUT2D eigenvalue weighted by Crippen LogP contribution is 2.18. The summed E-state index contributed by atoms with van der Waals surface area (Å²) >= 11 is 5.90. The van der Waals surface area contributed by atoms with Crippen LogP contribution < -0.4 is 5.32 Å². The molecule has 0 aromatic heterocycles. The number of carbonyl (C=O) groups excluding carboxylic acids is 1. The molecule has 0 spiro atoms. The molecule has 0 unspecified atom stereocenters. The van der Waals surface area contributed by atoms with Crippen molar-refractivity contribution in [1.29, 1.82) is 0 Å². The number of piperidine rings is 1. The van der Waals surface area contributed by atoms with Gasteiger partial charge in [0, 0.05) is 23.8 Å². The summed E-state index contributed by atoms with van der Waals surface area (Å²) in [6.07, 6.45) is 2.29. The van der Waals surface area contributed by atoms with Crippen LogP contribution >= 0.6 is 11.6 Å². The van der Waals surface area contributed by atoms with Crippen LogP contribution in [0, 0.1) is 0 Å². The first-order valence-corrected chi connectivity index (χ1v) is 7.39. The molecule has 4 nitrogen and oxygen atoms in total. The van der Waals surface area contributed by atoms with E-state index in [1.807, 2.05) is 30.9 Å².